The Hall–Kier alpha value is -2.43. The van der Waals surface area contributed by atoms with Gasteiger partial charge in [-0.3, -0.25) is 14.9 Å². The third-order valence-corrected chi connectivity index (χ3v) is 6.78. The number of aromatic nitrogens is 3. The summed E-state index contributed by atoms with van der Waals surface area (Å²) in [5.41, 5.74) is 1.07. The Bertz CT molecular complexity index is 1080. The van der Waals surface area contributed by atoms with E-state index in [1.54, 1.807) is 11.3 Å². The van der Waals surface area contributed by atoms with Gasteiger partial charge in [-0.15, -0.1) is 21.5 Å². The Morgan fingerprint density at radius 3 is 2.77 bits per heavy atom. The van der Waals surface area contributed by atoms with Crippen LogP contribution in [0.5, 0.6) is 0 Å². The molecular weight excluding hydrogens is 446 g/mol. The predicted molar refractivity (Wildman–Crippen MR) is 121 cm³/mol. The minimum Gasteiger partial charge on any atom is -0.324 e. The van der Waals surface area contributed by atoms with Crippen LogP contribution in [0.3, 0.4) is 0 Å². The molecule has 1 aromatic carbocycles. The van der Waals surface area contributed by atoms with Crippen LogP contribution in [0.15, 0.2) is 34.8 Å². The lowest BCUT2D eigenvalue weighted by atomic mass is 10.1. The third-order valence-electron chi connectivity index (χ3n) is 4.25. The zero-order valence-corrected chi connectivity index (χ0v) is 19.0. The number of anilines is 1. The lowest BCUT2D eigenvalue weighted by molar-refractivity contribution is -0.384. The maximum atomic E-state index is 12.4. The van der Waals surface area contributed by atoms with Gasteiger partial charge in [0.05, 0.1) is 21.4 Å². The number of nitro groups is 1. The largest absolute Gasteiger partial charge is 0.324 e. The van der Waals surface area contributed by atoms with Gasteiger partial charge in [0.1, 0.15) is 0 Å². The molecule has 0 saturated heterocycles. The van der Waals surface area contributed by atoms with Crippen molar-refractivity contribution in [2.24, 2.45) is 0 Å². The zero-order chi connectivity index (χ0) is 21.8. The number of carbonyl (C=O) groups excluding carboxylic acids is 1. The summed E-state index contributed by atoms with van der Waals surface area (Å²) in [5, 5.41) is 25.0. The van der Waals surface area contributed by atoms with E-state index in [4.69, 9.17) is 11.6 Å². The highest BCUT2D eigenvalue weighted by atomic mass is 35.5. The van der Waals surface area contributed by atoms with E-state index >= 15 is 0 Å². The smallest absolute Gasteiger partial charge is 0.271 e. The Kier molecular flexibility index (Phi) is 7.11. The van der Waals surface area contributed by atoms with Crippen molar-refractivity contribution in [3.63, 3.8) is 0 Å². The number of nitrogens with zero attached hydrogens (tertiary/aromatic N) is 4. The number of benzene rings is 1. The first-order chi connectivity index (χ1) is 14.3. The molecule has 0 radical (unpaired) electrons. The van der Waals surface area contributed by atoms with Gasteiger partial charge in [0.25, 0.3) is 5.69 Å². The summed E-state index contributed by atoms with van der Waals surface area (Å²) in [5.74, 6) is 0.940. The second kappa shape index (κ2) is 9.59. The summed E-state index contributed by atoms with van der Waals surface area (Å²) in [6, 6.07) is 6.03. The average Bonchev–Trinajstić information content (AvgIpc) is 3.34. The molecule has 0 bridgehead atoms. The molecule has 0 aliphatic carbocycles. The van der Waals surface area contributed by atoms with Crippen LogP contribution in [0, 0.1) is 10.1 Å². The lowest BCUT2D eigenvalue weighted by Gasteiger charge is -2.08. The molecule has 158 valence electrons. The molecular formula is C19H20ClN5O3S2. The molecule has 2 aromatic heterocycles. The number of halogens is 1. The van der Waals surface area contributed by atoms with Crippen LogP contribution in [0.25, 0.3) is 11.4 Å². The highest BCUT2D eigenvalue weighted by molar-refractivity contribution is 7.99. The standard InChI is InChI=1S/C19H20ClN5O3S2/c1-4-24-18(12-7-16(11(2)3)29-9-12)22-23-19(24)30-10-17(26)21-15-8-13(25(27)28)5-6-14(15)20/h5-9,11H,4,10H2,1-3H3,(H,21,26). The van der Waals surface area contributed by atoms with Gasteiger partial charge >= 0.3 is 0 Å². The van der Waals surface area contributed by atoms with Crippen molar-refractivity contribution < 1.29 is 9.72 Å². The number of non-ortho nitro benzene ring substituents is 1. The summed E-state index contributed by atoms with van der Waals surface area (Å²) < 4.78 is 1.96. The molecule has 1 amide bonds. The number of hydrogen-bond donors (Lipinski definition) is 1. The number of thioether (sulfide) groups is 1. The first-order valence-corrected chi connectivity index (χ1v) is 11.4. The molecule has 0 fully saturated rings. The first-order valence-electron chi connectivity index (χ1n) is 9.18. The molecule has 1 N–H and O–H groups in total. The number of carbonyl (C=O) groups is 1. The van der Waals surface area contributed by atoms with E-state index in [1.165, 1.54) is 34.8 Å². The fourth-order valence-corrected chi connectivity index (χ4v) is 4.58. The van der Waals surface area contributed by atoms with E-state index in [0.717, 1.165) is 11.4 Å². The fraction of sp³-hybridized carbons (Fsp3) is 0.316. The van der Waals surface area contributed by atoms with Crippen LogP contribution in [0.2, 0.25) is 5.02 Å². The second-order valence-electron chi connectivity index (χ2n) is 6.70. The number of thiophene rings is 1. The van der Waals surface area contributed by atoms with Crippen LogP contribution in [0.1, 0.15) is 31.6 Å². The van der Waals surface area contributed by atoms with Gasteiger partial charge in [0.15, 0.2) is 11.0 Å². The molecule has 11 heteroatoms. The molecule has 3 rings (SSSR count). The van der Waals surface area contributed by atoms with E-state index < -0.39 is 4.92 Å². The SMILES string of the molecule is CCn1c(SCC(=O)Nc2cc([N+](=O)[O-])ccc2Cl)nnc1-c1csc(C(C)C)c1. The zero-order valence-electron chi connectivity index (χ0n) is 16.6. The van der Waals surface area contributed by atoms with Gasteiger partial charge in [0, 0.05) is 34.5 Å². The highest BCUT2D eigenvalue weighted by Crippen LogP contribution is 2.31. The predicted octanol–water partition coefficient (Wildman–Crippen LogP) is 5.44. The maximum absolute atomic E-state index is 12.4. The summed E-state index contributed by atoms with van der Waals surface area (Å²) in [4.78, 5) is 24.0. The molecule has 0 saturated carbocycles. The Morgan fingerprint density at radius 1 is 1.37 bits per heavy atom. The maximum Gasteiger partial charge on any atom is 0.271 e. The van der Waals surface area contributed by atoms with Crippen molar-refractivity contribution in [2.75, 3.05) is 11.1 Å². The van der Waals surface area contributed by atoms with Crippen molar-refractivity contribution in [3.8, 4) is 11.4 Å². The van der Waals surface area contributed by atoms with Crippen molar-refractivity contribution in [1.29, 1.82) is 0 Å². The minimum atomic E-state index is -0.541. The molecule has 30 heavy (non-hydrogen) atoms. The first kappa shape index (κ1) is 22.3. The van der Waals surface area contributed by atoms with Crippen molar-refractivity contribution in [3.05, 3.63) is 49.7 Å². The van der Waals surface area contributed by atoms with Gasteiger partial charge in [-0.1, -0.05) is 37.2 Å². The number of amides is 1. The molecule has 0 aliphatic rings. The summed E-state index contributed by atoms with van der Waals surface area (Å²) in [6.07, 6.45) is 0. The van der Waals surface area contributed by atoms with Gasteiger partial charge in [-0.2, -0.15) is 0 Å². The molecule has 0 atom stereocenters. The molecule has 3 aromatic rings. The normalized spacial score (nSPS) is 11.1. The lowest BCUT2D eigenvalue weighted by Crippen LogP contribution is -2.15. The Labute approximate surface area is 186 Å². The summed E-state index contributed by atoms with van der Waals surface area (Å²) in [7, 11) is 0. The Morgan fingerprint density at radius 2 is 2.13 bits per heavy atom. The van der Waals surface area contributed by atoms with E-state index in [9.17, 15) is 14.9 Å². The van der Waals surface area contributed by atoms with E-state index in [0.29, 0.717) is 17.6 Å². The fourth-order valence-electron chi connectivity index (χ4n) is 2.71. The monoisotopic (exact) mass is 465 g/mol. The van der Waals surface area contributed by atoms with Gasteiger partial charge in [-0.25, -0.2) is 0 Å². The van der Waals surface area contributed by atoms with Crippen molar-refractivity contribution >= 4 is 52.0 Å². The van der Waals surface area contributed by atoms with Gasteiger partial charge in [0.2, 0.25) is 5.91 Å². The van der Waals surface area contributed by atoms with Crippen LogP contribution < -0.4 is 5.32 Å². The second-order valence-corrected chi connectivity index (χ2v) is 8.99. The molecule has 0 aliphatic heterocycles. The van der Waals surface area contributed by atoms with Crippen molar-refractivity contribution in [2.45, 2.75) is 38.4 Å². The Balaban J connectivity index is 1.70. The third kappa shape index (κ3) is 5.00. The van der Waals surface area contributed by atoms with E-state index in [1.807, 2.05) is 11.5 Å². The van der Waals surface area contributed by atoms with Crippen LogP contribution >= 0.6 is 34.7 Å². The van der Waals surface area contributed by atoms with Crippen LogP contribution in [-0.2, 0) is 11.3 Å². The van der Waals surface area contributed by atoms with Crippen LogP contribution in [0.4, 0.5) is 11.4 Å². The summed E-state index contributed by atoms with van der Waals surface area (Å²) >= 11 is 8.98. The van der Waals surface area contributed by atoms with E-state index in [-0.39, 0.29) is 28.1 Å². The summed E-state index contributed by atoms with van der Waals surface area (Å²) in [6.45, 7) is 6.95. The molecule has 0 unspecified atom stereocenters. The van der Waals surface area contributed by atoms with Gasteiger partial charge in [-0.05, 0) is 25.0 Å². The number of rotatable bonds is 8. The van der Waals surface area contributed by atoms with E-state index in [2.05, 4.69) is 40.8 Å². The molecule has 0 spiro atoms. The van der Waals surface area contributed by atoms with Crippen molar-refractivity contribution in [1.82, 2.24) is 14.8 Å². The quantitative estimate of drug-likeness (QED) is 0.270. The average molecular weight is 466 g/mol. The molecule has 8 nitrogen and oxygen atoms in total. The van der Waals surface area contributed by atoms with Crippen LogP contribution in [-0.4, -0.2) is 31.3 Å². The minimum absolute atomic E-state index is 0.0675. The topological polar surface area (TPSA) is 103 Å². The number of nitro benzene ring substituents is 1. The van der Waals surface area contributed by atoms with Gasteiger partial charge < -0.3 is 9.88 Å². The highest BCUT2D eigenvalue weighted by Gasteiger charge is 2.17. The molecule has 2 heterocycles. The number of nitrogens with one attached hydrogen (secondary N) is 1. The number of hydrogen-bond acceptors (Lipinski definition) is 7.